The van der Waals surface area contributed by atoms with Crippen molar-refractivity contribution in [1.82, 2.24) is 4.90 Å². The molecule has 10 heteroatoms. The van der Waals surface area contributed by atoms with Crippen LogP contribution in [0.25, 0.3) is 0 Å². The predicted octanol–water partition coefficient (Wildman–Crippen LogP) is 4.80. The molecule has 1 N–H and O–H groups in total. The Morgan fingerprint density at radius 1 is 1.03 bits per heavy atom. The second-order valence-electron chi connectivity index (χ2n) is 8.02. The van der Waals surface area contributed by atoms with Crippen LogP contribution in [-0.4, -0.2) is 40.9 Å². The number of ether oxygens (including phenoxy) is 1. The van der Waals surface area contributed by atoms with E-state index in [0.717, 1.165) is 5.56 Å². The Morgan fingerprint density at radius 3 is 2.28 bits per heavy atom. The lowest BCUT2D eigenvalue weighted by Gasteiger charge is -2.24. The van der Waals surface area contributed by atoms with Gasteiger partial charge in [0.25, 0.3) is 5.91 Å². The van der Waals surface area contributed by atoms with Gasteiger partial charge >= 0.3 is 5.97 Å². The number of amides is 2. The Balaban J connectivity index is 1.56. The average molecular weight is 526 g/mol. The summed E-state index contributed by atoms with van der Waals surface area (Å²) in [6.07, 6.45) is -0.178. The molecule has 1 aliphatic rings. The Kier molecular flexibility index (Phi) is 7.61. The summed E-state index contributed by atoms with van der Waals surface area (Å²) in [5, 5.41) is 3.52. The summed E-state index contributed by atoms with van der Waals surface area (Å²) >= 11 is 11.6. The summed E-state index contributed by atoms with van der Waals surface area (Å²) in [7, 11) is 1.28. The number of thiocarbonyl (C=S) groups is 1. The van der Waals surface area contributed by atoms with E-state index in [1.165, 1.54) is 48.4 Å². The van der Waals surface area contributed by atoms with Crippen molar-refractivity contribution in [2.45, 2.75) is 19.0 Å². The smallest absolute Gasteiger partial charge is 0.337 e. The van der Waals surface area contributed by atoms with Crippen LogP contribution in [0.1, 0.15) is 22.3 Å². The lowest BCUT2D eigenvalue weighted by atomic mass is 10.1. The van der Waals surface area contributed by atoms with E-state index in [1.807, 2.05) is 12.1 Å². The third-order valence-electron chi connectivity index (χ3n) is 5.64. The first-order chi connectivity index (χ1) is 17.3. The number of anilines is 2. The van der Waals surface area contributed by atoms with Crippen molar-refractivity contribution in [2.75, 3.05) is 17.3 Å². The van der Waals surface area contributed by atoms with Crippen LogP contribution >= 0.6 is 23.8 Å². The minimum absolute atomic E-state index is 0.178. The summed E-state index contributed by atoms with van der Waals surface area (Å²) in [6, 6.07) is 17.8. The van der Waals surface area contributed by atoms with Crippen molar-refractivity contribution in [3.63, 3.8) is 0 Å². The van der Waals surface area contributed by atoms with E-state index in [4.69, 9.17) is 23.8 Å². The summed E-state index contributed by atoms with van der Waals surface area (Å²) in [6.45, 7) is 0.269. The summed E-state index contributed by atoms with van der Waals surface area (Å²) in [5.41, 5.74) is 2.06. The molecule has 36 heavy (non-hydrogen) atoms. The molecule has 1 saturated heterocycles. The maximum atomic E-state index is 13.5. The average Bonchev–Trinajstić information content (AvgIpc) is 3.09. The molecule has 1 unspecified atom stereocenters. The molecule has 184 valence electrons. The second kappa shape index (κ2) is 10.8. The summed E-state index contributed by atoms with van der Waals surface area (Å²) < 4.78 is 18.1. The Bertz CT molecular complexity index is 1300. The first kappa shape index (κ1) is 25.3. The largest absolute Gasteiger partial charge is 0.465 e. The number of hydrogen-bond donors (Lipinski definition) is 1. The number of nitrogens with one attached hydrogen (secondary N) is 1. The molecule has 3 aromatic carbocycles. The second-order valence-corrected chi connectivity index (χ2v) is 8.83. The Hall–Kier alpha value is -3.82. The van der Waals surface area contributed by atoms with Gasteiger partial charge in [-0.15, -0.1) is 0 Å². The first-order valence-corrected chi connectivity index (χ1v) is 11.7. The fourth-order valence-corrected chi connectivity index (χ4v) is 4.34. The molecule has 0 aliphatic carbocycles. The highest BCUT2D eigenvalue weighted by molar-refractivity contribution is 7.80. The van der Waals surface area contributed by atoms with Crippen LogP contribution < -0.4 is 10.2 Å². The van der Waals surface area contributed by atoms with E-state index in [1.54, 1.807) is 29.2 Å². The van der Waals surface area contributed by atoms with Crippen LogP contribution in [0.15, 0.2) is 72.8 Å². The maximum absolute atomic E-state index is 13.5. The van der Waals surface area contributed by atoms with Crippen molar-refractivity contribution in [3.05, 3.63) is 94.8 Å². The van der Waals surface area contributed by atoms with Crippen LogP contribution in [0.4, 0.5) is 15.8 Å². The molecule has 1 aliphatic heterocycles. The molecule has 7 nitrogen and oxygen atoms in total. The summed E-state index contributed by atoms with van der Waals surface area (Å²) in [4.78, 5) is 41.0. The third-order valence-corrected chi connectivity index (χ3v) is 6.31. The fourth-order valence-electron chi connectivity index (χ4n) is 3.82. The van der Waals surface area contributed by atoms with Crippen molar-refractivity contribution in [1.29, 1.82) is 0 Å². The topological polar surface area (TPSA) is 78.9 Å². The lowest BCUT2D eigenvalue weighted by Crippen LogP contribution is -2.37. The van der Waals surface area contributed by atoms with Crippen molar-refractivity contribution < 1.29 is 23.5 Å². The number of benzene rings is 3. The maximum Gasteiger partial charge on any atom is 0.337 e. The molecule has 0 saturated carbocycles. The van der Waals surface area contributed by atoms with Gasteiger partial charge < -0.3 is 15.0 Å². The van der Waals surface area contributed by atoms with Gasteiger partial charge in [0.05, 0.1) is 24.8 Å². The number of esters is 1. The number of hydrogen-bond acceptors (Lipinski definition) is 5. The van der Waals surface area contributed by atoms with E-state index in [-0.39, 0.29) is 18.1 Å². The highest BCUT2D eigenvalue weighted by Gasteiger charge is 2.44. The minimum atomic E-state index is -0.882. The van der Waals surface area contributed by atoms with Gasteiger partial charge in [0.2, 0.25) is 5.91 Å². The Labute approximate surface area is 217 Å². The van der Waals surface area contributed by atoms with E-state index in [2.05, 4.69) is 10.1 Å². The SMILES string of the molecule is COC(=O)c1ccc(NC(=O)CC2C(=O)N(c3ccc(F)cc3)C(=S)N2Cc2ccc(Cl)cc2)cc1. The molecule has 2 amide bonds. The van der Waals surface area contributed by atoms with Crippen LogP contribution in [-0.2, 0) is 20.9 Å². The third kappa shape index (κ3) is 5.53. The predicted molar refractivity (Wildman–Crippen MR) is 138 cm³/mol. The molecule has 0 aromatic heterocycles. The van der Waals surface area contributed by atoms with Crippen LogP contribution in [0.3, 0.4) is 0 Å². The molecular formula is C26H21ClFN3O4S. The molecule has 1 fully saturated rings. The van der Waals surface area contributed by atoms with Gasteiger partial charge in [-0.1, -0.05) is 23.7 Å². The zero-order valence-corrected chi connectivity index (χ0v) is 20.7. The monoisotopic (exact) mass is 525 g/mol. The number of carbonyl (C=O) groups is 3. The van der Waals surface area contributed by atoms with Crippen LogP contribution in [0.2, 0.25) is 5.02 Å². The van der Waals surface area contributed by atoms with Crippen molar-refractivity contribution >= 4 is 58.1 Å². The van der Waals surface area contributed by atoms with Crippen LogP contribution in [0, 0.1) is 5.82 Å². The number of halogens is 2. The molecule has 3 aromatic rings. The molecule has 0 spiro atoms. The molecule has 1 heterocycles. The number of rotatable bonds is 7. The Morgan fingerprint density at radius 2 is 1.67 bits per heavy atom. The lowest BCUT2D eigenvalue weighted by molar-refractivity contribution is -0.124. The van der Waals surface area contributed by atoms with E-state index in [0.29, 0.717) is 22.0 Å². The van der Waals surface area contributed by atoms with Gasteiger partial charge in [0, 0.05) is 17.3 Å². The standard InChI is InChI=1S/C26H21ClFN3O4S/c1-35-25(34)17-4-10-20(11-5-17)29-23(32)14-22-24(33)31(21-12-8-19(28)9-13-21)26(36)30(22)15-16-2-6-18(27)7-3-16/h2-13,22H,14-15H2,1H3,(H,29,32). The molecular weight excluding hydrogens is 505 g/mol. The van der Waals surface area contributed by atoms with Gasteiger partial charge in [-0.2, -0.15) is 0 Å². The number of carbonyl (C=O) groups excluding carboxylic acids is 3. The normalized spacial score (nSPS) is 15.2. The van der Waals surface area contributed by atoms with Gasteiger partial charge in [-0.3, -0.25) is 14.5 Å². The molecule has 0 radical (unpaired) electrons. The van der Waals surface area contributed by atoms with Crippen molar-refractivity contribution in [3.8, 4) is 0 Å². The minimum Gasteiger partial charge on any atom is -0.465 e. The molecule has 0 bridgehead atoms. The summed E-state index contributed by atoms with van der Waals surface area (Å²) in [5.74, 6) is -1.74. The zero-order valence-electron chi connectivity index (χ0n) is 19.1. The highest BCUT2D eigenvalue weighted by Crippen LogP contribution is 2.29. The highest BCUT2D eigenvalue weighted by atomic mass is 35.5. The number of nitrogens with zero attached hydrogens (tertiary/aromatic N) is 2. The first-order valence-electron chi connectivity index (χ1n) is 10.9. The van der Waals surface area contributed by atoms with Gasteiger partial charge in [-0.25, -0.2) is 9.18 Å². The molecule has 1 atom stereocenters. The van der Waals surface area contributed by atoms with Gasteiger partial charge in [-0.05, 0) is 78.4 Å². The van der Waals surface area contributed by atoms with Crippen molar-refractivity contribution in [2.24, 2.45) is 0 Å². The van der Waals surface area contributed by atoms with Gasteiger partial charge in [0.1, 0.15) is 11.9 Å². The van der Waals surface area contributed by atoms with E-state index in [9.17, 15) is 18.8 Å². The molecule has 4 rings (SSSR count). The fraction of sp³-hybridized carbons (Fsp3) is 0.154. The van der Waals surface area contributed by atoms with Gasteiger partial charge in [0.15, 0.2) is 5.11 Å². The van der Waals surface area contributed by atoms with E-state index >= 15 is 0 Å². The van der Waals surface area contributed by atoms with Crippen LogP contribution in [0.5, 0.6) is 0 Å². The zero-order chi connectivity index (χ0) is 25.8. The quantitative estimate of drug-likeness (QED) is 0.353. The number of methoxy groups -OCH3 is 1. The van der Waals surface area contributed by atoms with E-state index < -0.39 is 29.6 Å².